The van der Waals surface area contributed by atoms with Crippen LogP contribution in [0.5, 0.6) is 0 Å². The molecule has 1 fully saturated rings. The molecule has 2 aliphatic rings. The Labute approximate surface area is 234 Å². The molecular formula is C25H32F3N5O7S. The van der Waals surface area contributed by atoms with E-state index in [0.717, 1.165) is 11.1 Å². The number of anilines is 1. The van der Waals surface area contributed by atoms with E-state index < -0.39 is 56.7 Å². The van der Waals surface area contributed by atoms with Crippen LogP contribution in [0.2, 0.25) is 0 Å². The zero-order valence-electron chi connectivity index (χ0n) is 22.6. The molecule has 0 saturated heterocycles. The van der Waals surface area contributed by atoms with Crippen LogP contribution >= 0.6 is 0 Å². The van der Waals surface area contributed by atoms with E-state index in [0.29, 0.717) is 19.1 Å². The van der Waals surface area contributed by atoms with Gasteiger partial charge in [-0.05, 0) is 49.3 Å². The number of aromatic nitrogens is 2. The third-order valence-electron chi connectivity index (χ3n) is 6.57. The number of ether oxygens (including phenoxy) is 1. The summed E-state index contributed by atoms with van der Waals surface area (Å²) < 4.78 is 73.8. The SMILES string of the molecule is CC1(C)CC(=O)c2c(C(F)(F)F)nn(-c3ccc(C(N)=O)c(NC4CCCC4OC(=O)CN)c3)c2C1.CS(=O)(=O)O. The highest BCUT2D eigenvalue weighted by molar-refractivity contribution is 7.85. The molecule has 2 aromatic rings. The lowest BCUT2D eigenvalue weighted by Crippen LogP contribution is -2.35. The molecule has 16 heteroatoms. The van der Waals surface area contributed by atoms with Crippen molar-refractivity contribution in [3.63, 3.8) is 0 Å². The first-order valence-electron chi connectivity index (χ1n) is 12.6. The smallest absolute Gasteiger partial charge is 0.435 e. The third-order valence-corrected chi connectivity index (χ3v) is 6.57. The van der Waals surface area contributed by atoms with Crippen LogP contribution in [0.4, 0.5) is 18.9 Å². The number of nitrogens with one attached hydrogen (secondary N) is 1. The quantitative estimate of drug-likeness (QED) is 0.281. The summed E-state index contributed by atoms with van der Waals surface area (Å²) in [5.41, 5.74) is 9.46. The van der Waals surface area contributed by atoms with Crippen LogP contribution in [0.25, 0.3) is 5.69 Å². The van der Waals surface area contributed by atoms with Gasteiger partial charge in [-0.3, -0.25) is 18.9 Å². The minimum atomic E-state index is -4.81. The summed E-state index contributed by atoms with van der Waals surface area (Å²) in [6.07, 6.45) is -2.43. The van der Waals surface area contributed by atoms with Crippen molar-refractivity contribution in [3.05, 3.63) is 40.7 Å². The Morgan fingerprint density at radius 1 is 1.24 bits per heavy atom. The zero-order chi connectivity index (χ0) is 30.9. The number of esters is 1. The summed E-state index contributed by atoms with van der Waals surface area (Å²) in [5, 5.41) is 6.98. The normalized spacial score (nSPS) is 20.0. The number of benzene rings is 1. The van der Waals surface area contributed by atoms with Crippen molar-refractivity contribution >= 4 is 33.5 Å². The molecular weight excluding hydrogens is 571 g/mol. The summed E-state index contributed by atoms with van der Waals surface area (Å²) in [5.74, 6) is -1.91. The van der Waals surface area contributed by atoms with Crippen molar-refractivity contribution in [2.45, 2.75) is 64.3 Å². The van der Waals surface area contributed by atoms with Gasteiger partial charge in [-0.1, -0.05) is 13.8 Å². The van der Waals surface area contributed by atoms with Gasteiger partial charge in [0.25, 0.3) is 16.0 Å². The topological polar surface area (TPSA) is 197 Å². The lowest BCUT2D eigenvalue weighted by Gasteiger charge is -2.29. The molecule has 0 spiro atoms. The molecule has 12 nitrogen and oxygen atoms in total. The number of ketones is 1. The van der Waals surface area contributed by atoms with Crippen molar-refractivity contribution in [2.24, 2.45) is 16.9 Å². The zero-order valence-corrected chi connectivity index (χ0v) is 23.4. The number of carbonyl (C=O) groups is 3. The average molecular weight is 604 g/mol. The molecule has 0 bridgehead atoms. The first kappa shape index (κ1) is 32.0. The van der Waals surface area contributed by atoms with Gasteiger partial charge in [-0.15, -0.1) is 0 Å². The van der Waals surface area contributed by atoms with Crippen LogP contribution in [0.3, 0.4) is 0 Å². The number of amides is 1. The summed E-state index contributed by atoms with van der Waals surface area (Å²) in [6, 6.07) is 3.95. The highest BCUT2D eigenvalue weighted by atomic mass is 32.2. The predicted molar refractivity (Wildman–Crippen MR) is 141 cm³/mol. The molecule has 2 atom stereocenters. The van der Waals surface area contributed by atoms with E-state index in [-0.39, 0.29) is 48.1 Å². The number of rotatable bonds is 6. The van der Waals surface area contributed by atoms with Crippen LogP contribution in [0, 0.1) is 5.41 Å². The Balaban J connectivity index is 0.000000850. The second-order valence-corrected chi connectivity index (χ2v) is 12.2. The van der Waals surface area contributed by atoms with Crippen LogP contribution in [0.15, 0.2) is 18.2 Å². The fourth-order valence-corrected chi connectivity index (χ4v) is 5.01. The van der Waals surface area contributed by atoms with Crippen molar-refractivity contribution in [1.82, 2.24) is 9.78 Å². The molecule has 0 radical (unpaired) electrons. The number of nitrogens with two attached hydrogens (primary N) is 2. The van der Waals surface area contributed by atoms with Crippen LogP contribution < -0.4 is 16.8 Å². The van der Waals surface area contributed by atoms with Gasteiger partial charge >= 0.3 is 12.1 Å². The van der Waals surface area contributed by atoms with E-state index in [4.69, 9.17) is 20.8 Å². The largest absolute Gasteiger partial charge is 0.459 e. The Bertz CT molecular complexity index is 1450. The van der Waals surface area contributed by atoms with E-state index >= 15 is 0 Å². The standard InChI is InChI=1S/C24H28F3N5O4.CH4O3S/c1-23(2)9-16-20(17(33)10-23)21(24(25,26)27)31-32(16)12-6-7-13(22(29)35)15(8-12)30-14-4-3-5-18(14)36-19(34)11-28;1-5(2,3)4/h6-8,14,18,30H,3-5,9-11,28H2,1-2H3,(H2,29,35);1H3,(H,2,3,4). The molecule has 1 amide bonds. The fourth-order valence-electron chi connectivity index (χ4n) is 5.01. The number of nitrogens with zero attached hydrogens (tertiary/aromatic N) is 2. The van der Waals surface area contributed by atoms with E-state index in [1.54, 1.807) is 0 Å². The lowest BCUT2D eigenvalue weighted by atomic mass is 9.75. The Morgan fingerprint density at radius 2 is 1.88 bits per heavy atom. The number of carbonyl (C=O) groups excluding carboxylic acids is 3. The van der Waals surface area contributed by atoms with Gasteiger partial charge in [0, 0.05) is 12.1 Å². The second kappa shape index (κ2) is 11.8. The molecule has 2 aliphatic carbocycles. The minimum Gasteiger partial charge on any atom is -0.459 e. The summed E-state index contributed by atoms with van der Waals surface area (Å²) in [4.78, 5) is 36.5. The van der Waals surface area contributed by atoms with Crippen LogP contribution in [0.1, 0.15) is 71.6 Å². The lowest BCUT2D eigenvalue weighted by molar-refractivity contribution is -0.147. The van der Waals surface area contributed by atoms with Crippen LogP contribution in [-0.2, 0) is 32.2 Å². The van der Waals surface area contributed by atoms with Crippen molar-refractivity contribution in [1.29, 1.82) is 0 Å². The number of fused-ring (bicyclic) bond motifs is 1. The molecule has 1 aromatic heterocycles. The highest BCUT2D eigenvalue weighted by Crippen LogP contribution is 2.42. The number of Topliss-reactive ketones (excluding diaryl/α,β-unsaturated/α-hetero) is 1. The second-order valence-electron chi connectivity index (χ2n) is 10.8. The van der Waals surface area contributed by atoms with Gasteiger partial charge < -0.3 is 21.5 Å². The monoisotopic (exact) mass is 603 g/mol. The molecule has 4 rings (SSSR count). The van der Waals surface area contributed by atoms with E-state index in [1.165, 1.54) is 18.2 Å². The third kappa shape index (κ3) is 8.04. The Hall–Kier alpha value is -3.50. The highest BCUT2D eigenvalue weighted by Gasteiger charge is 2.45. The molecule has 226 valence electrons. The van der Waals surface area contributed by atoms with Gasteiger partial charge in [0.15, 0.2) is 11.5 Å². The maximum Gasteiger partial charge on any atom is 0.435 e. The summed E-state index contributed by atoms with van der Waals surface area (Å²) in [6.45, 7) is 3.35. The Morgan fingerprint density at radius 3 is 2.44 bits per heavy atom. The number of primary amides is 1. The molecule has 41 heavy (non-hydrogen) atoms. The predicted octanol–water partition coefficient (Wildman–Crippen LogP) is 2.48. The molecule has 1 heterocycles. The number of halogens is 3. The number of hydrogen-bond donors (Lipinski definition) is 4. The van der Waals surface area contributed by atoms with Gasteiger partial charge in [-0.2, -0.15) is 26.7 Å². The summed E-state index contributed by atoms with van der Waals surface area (Å²) in [7, 11) is -3.67. The first-order chi connectivity index (χ1) is 18.8. The Kier molecular flexibility index (Phi) is 9.20. The van der Waals surface area contributed by atoms with Gasteiger partial charge in [-0.25, -0.2) is 4.68 Å². The first-order valence-corrected chi connectivity index (χ1v) is 14.4. The van der Waals surface area contributed by atoms with Gasteiger partial charge in [0.2, 0.25) is 0 Å². The van der Waals surface area contributed by atoms with E-state index in [2.05, 4.69) is 10.4 Å². The molecule has 0 aliphatic heterocycles. The van der Waals surface area contributed by atoms with Gasteiger partial charge in [0.1, 0.15) is 6.10 Å². The number of alkyl halides is 3. The maximum absolute atomic E-state index is 13.8. The molecule has 1 aromatic carbocycles. The molecule has 2 unspecified atom stereocenters. The average Bonchev–Trinajstić information content (AvgIpc) is 3.41. The maximum atomic E-state index is 13.8. The molecule has 1 saturated carbocycles. The van der Waals surface area contributed by atoms with Crippen molar-refractivity contribution in [3.8, 4) is 5.69 Å². The summed E-state index contributed by atoms with van der Waals surface area (Å²) >= 11 is 0. The number of hydrogen-bond acceptors (Lipinski definition) is 9. The molecule has 6 N–H and O–H groups in total. The van der Waals surface area contributed by atoms with Crippen molar-refractivity contribution in [2.75, 3.05) is 18.1 Å². The van der Waals surface area contributed by atoms with E-state index in [1.807, 2.05) is 13.8 Å². The van der Waals surface area contributed by atoms with Gasteiger partial charge in [0.05, 0.1) is 41.4 Å². The van der Waals surface area contributed by atoms with E-state index in [9.17, 15) is 36.0 Å². The fraction of sp³-hybridized carbons (Fsp3) is 0.520. The van der Waals surface area contributed by atoms with Crippen LogP contribution in [-0.4, -0.2) is 65.4 Å². The minimum absolute atomic E-state index is 0.0211. The van der Waals surface area contributed by atoms with Crippen molar-refractivity contribution < 1.29 is 45.3 Å².